The van der Waals surface area contributed by atoms with Gasteiger partial charge in [-0.1, -0.05) is 46.3 Å². The molecule has 0 radical (unpaired) electrons. The summed E-state index contributed by atoms with van der Waals surface area (Å²) in [4.78, 5) is 16.1. The number of carbonyl (C=O) groups excluding carboxylic acids is 1. The molecule has 7 heteroatoms. The number of aromatic nitrogens is 3. The molecule has 1 atom stereocenters. The lowest BCUT2D eigenvalue weighted by Crippen LogP contribution is -2.29. The largest absolute Gasteiger partial charge is 0.489 e. The number of nitrogens with one attached hydrogen (secondary N) is 1. The molecule has 0 spiro atoms. The van der Waals surface area contributed by atoms with Gasteiger partial charge in [-0.15, -0.1) is 0 Å². The number of nitrogens with zero attached hydrogens (tertiary/aromatic N) is 3. The van der Waals surface area contributed by atoms with Crippen molar-refractivity contribution < 1.29 is 9.53 Å². The molecule has 2 aromatic carbocycles. The Bertz CT molecular complexity index is 910. The molecule has 2 heterocycles. The van der Waals surface area contributed by atoms with Crippen LogP contribution in [0, 0.1) is 0 Å². The Morgan fingerprint density at radius 3 is 2.92 bits per heavy atom. The number of benzene rings is 2. The lowest BCUT2D eigenvalue weighted by molar-refractivity contribution is -0.117. The van der Waals surface area contributed by atoms with E-state index in [-0.39, 0.29) is 18.4 Å². The van der Waals surface area contributed by atoms with Crippen LogP contribution in [-0.2, 0) is 11.4 Å². The van der Waals surface area contributed by atoms with Crippen molar-refractivity contribution in [1.82, 2.24) is 14.8 Å². The molecule has 25 heavy (non-hydrogen) atoms. The molecule has 0 saturated carbocycles. The Morgan fingerprint density at radius 2 is 2.08 bits per heavy atom. The normalized spacial score (nSPS) is 16.2. The van der Waals surface area contributed by atoms with Gasteiger partial charge in [0.15, 0.2) is 0 Å². The van der Waals surface area contributed by atoms with Crippen LogP contribution in [0.5, 0.6) is 5.75 Å². The van der Waals surface area contributed by atoms with E-state index in [1.54, 1.807) is 4.68 Å². The van der Waals surface area contributed by atoms with Crippen LogP contribution in [0.3, 0.4) is 0 Å². The molecule has 126 valence electrons. The lowest BCUT2D eigenvalue weighted by Gasteiger charge is -2.25. The van der Waals surface area contributed by atoms with Gasteiger partial charge in [-0.25, -0.2) is 4.68 Å². The number of carbonyl (C=O) groups is 1. The zero-order chi connectivity index (χ0) is 17.2. The highest BCUT2D eigenvalue weighted by Crippen LogP contribution is 2.36. The zero-order valence-electron chi connectivity index (χ0n) is 13.2. The topological polar surface area (TPSA) is 69.0 Å². The number of hydrogen-bond donors (Lipinski definition) is 1. The molecule has 1 amide bonds. The highest BCUT2D eigenvalue weighted by atomic mass is 79.9. The predicted molar refractivity (Wildman–Crippen MR) is 96.3 cm³/mol. The Morgan fingerprint density at radius 1 is 1.24 bits per heavy atom. The molecule has 1 aromatic heterocycles. The molecule has 0 bridgehead atoms. The molecule has 3 aromatic rings. The van der Waals surface area contributed by atoms with Gasteiger partial charge < -0.3 is 4.74 Å². The number of halogens is 1. The summed E-state index contributed by atoms with van der Waals surface area (Å²) in [5, 5.41) is 6.99. The van der Waals surface area contributed by atoms with E-state index in [4.69, 9.17) is 4.74 Å². The van der Waals surface area contributed by atoms with Crippen LogP contribution < -0.4 is 10.1 Å². The van der Waals surface area contributed by atoms with Gasteiger partial charge in [0.2, 0.25) is 11.9 Å². The van der Waals surface area contributed by atoms with Crippen LogP contribution in [-0.4, -0.2) is 20.7 Å². The summed E-state index contributed by atoms with van der Waals surface area (Å²) < 4.78 is 8.68. The van der Waals surface area contributed by atoms with Crippen molar-refractivity contribution in [3.63, 3.8) is 0 Å². The van der Waals surface area contributed by atoms with Crippen molar-refractivity contribution in [2.24, 2.45) is 0 Å². The third kappa shape index (κ3) is 3.28. The van der Waals surface area contributed by atoms with Crippen molar-refractivity contribution in [2.75, 3.05) is 5.32 Å². The van der Waals surface area contributed by atoms with Crippen molar-refractivity contribution >= 4 is 27.8 Å². The minimum atomic E-state index is -0.255. The number of hydrogen-bond acceptors (Lipinski definition) is 4. The second-order valence-electron chi connectivity index (χ2n) is 5.75. The first-order chi connectivity index (χ1) is 12.2. The van der Waals surface area contributed by atoms with E-state index in [0.29, 0.717) is 12.6 Å². The molecule has 1 N–H and O–H groups in total. The van der Waals surface area contributed by atoms with Gasteiger partial charge in [-0.2, -0.15) is 10.1 Å². The van der Waals surface area contributed by atoms with E-state index < -0.39 is 0 Å². The number of anilines is 1. The monoisotopic (exact) mass is 398 g/mol. The van der Waals surface area contributed by atoms with Crippen molar-refractivity contribution in [3.8, 4) is 5.75 Å². The standard InChI is InChI=1S/C18H15BrN4O2/c19-13-6-7-16(25-10-12-4-2-1-3-5-12)14(8-13)15-9-17(24)22-18-20-11-21-23(15)18/h1-8,11,15H,9-10H2,(H,20,21,22,24)/t15-/m0/s1. The summed E-state index contributed by atoms with van der Waals surface area (Å²) in [5.74, 6) is 1.10. The summed E-state index contributed by atoms with van der Waals surface area (Å²) in [6.45, 7) is 0.457. The molecule has 0 aliphatic carbocycles. The summed E-state index contributed by atoms with van der Waals surface area (Å²) >= 11 is 3.50. The molecule has 6 nitrogen and oxygen atoms in total. The predicted octanol–water partition coefficient (Wildman–Crippen LogP) is 3.55. The Balaban J connectivity index is 1.68. The smallest absolute Gasteiger partial charge is 0.229 e. The average Bonchev–Trinajstić information content (AvgIpc) is 3.09. The van der Waals surface area contributed by atoms with Crippen LogP contribution in [0.15, 0.2) is 59.3 Å². The SMILES string of the molecule is O=C1C[C@@H](c2cc(Br)ccc2OCc2ccccc2)n2ncnc2N1. The van der Waals surface area contributed by atoms with E-state index in [9.17, 15) is 4.79 Å². The molecule has 0 unspecified atom stereocenters. The molecule has 0 saturated heterocycles. The highest BCUT2D eigenvalue weighted by molar-refractivity contribution is 9.10. The van der Waals surface area contributed by atoms with Crippen LogP contribution in [0.4, 0.5) is 5.95 Å². The first-order valence-corrected chi connectivity index (χ1v) is 8.65. The fourth-order valence-corrected chi connectivity index (χ4v) is 3.27. The van der Waals surface area contributed by atoms with Gasteiger partial charge in [0.25, 0.3) is 0 Å². The molecule has 4 rings (SSSR count). The van der Waals surface area contributed by atoms with Gasteiger partial charge in [-0.05, 0) is 23.8 Å². The Kier molecular flexibility index (Phi) is 4.23. The minimum Gasteiger partial charge on any atom is -0.489 e. The highest BCUT2D eigenvalue weighted by Gasteiger charge is 2.30. The second-order valence-corrected chi connectivity index (χ2v) is 6.67. The summed E-state index contributed by atoms with van der Waals surface area (Å²) in [6, 6.07) is 15.5. The average molecular weight is 399 g/mol. The maximum absolute atomic E-state index is 12.0. The maximum atomic E-state index is 12.0. The Labute approximate surface area is 153 Å². The van der Waals surface area contributed by atoms with Crippen LogP contribution >= 0.6 is 15.9 Å². The van der Waals surface area contributed by atoms with Gasteiger partial charge in [0.1, 0.15) is 18.7 Å². The van der Waals surface area contributed by atoms with Gasteiger partial charge in [0, 0.05) is 10.0 Å². The third-order valence-corrected chi connectivity index (χ3v) is 4.56. The lowest BCUT2D eigenvalue weighted by atomic mass is 10.0. The van der Waals surface area contributed by atoms with Gasteiger partial charge in [0.05, 0.1) is 12.5 Å². The third-order valence-electron chi connectivity index (χ3n) is 4.07. The number of ether oxygens (including phenoxy) is 1. The molecule has 1 aliphatic rings. The van der Waals surface area contributed by atoms with Gasteiger partial charge >= 0.3 is 0 Å². The van der Waals surface area contributed by atoms with Crippen molar-refractivity contribution in [1.29, 1.82) is 0 Å². The van der Waals surface area contributed by atoms with Crippen LogP contribution in [0.1, 0.15) is 23.6 Å². The fraction of sp³-hybridized carbons (Fsp3) is 0.167. The first-order valence-electron chi connectivity index (χ1n) is 7.86. The molecular formula is C18H15BrN4O2. The maximum Gasteiger partial charge on any atom is 0.229 e. The quantitative estimate of drug-likeness (QED) is 0.729. The zero-order valence-corrected chi connectivity index (χ0v) is 14.8. The number of fused-ring (bicyclic) bond motifs is 1. The molecule has 1 aliphatic heterocycles. The van der Waals surface area contributed by atoms with Crippen molar-refractivity contribution in [3.05, 3.63) is 70.5 Å². The minimum absolute atomic E-state index is 0.0838. The fourth-order valence-electron chi connectivity index (χ4n) is 2.89. The van der Waals surface area contributed by atoms with E-state index in [2.05, 4.69) is 31.3 Å². The van der Waals surface area contributed by atoms with Crippen LogP contribution in [0.25, 0.3) is 0 Å². The van der Waals surface area contributed by atoms with Gasteiger partial charge in [-0.3, -0.25) is 10.1 Å². The van der Waals surface area contributed by atoms with Crippen molar-refractivity contribution in [2.45, 2.75) is 19.1 Å². The van der Waals surface area contributed by atoms with E-state index >= 15 is 0 Å². The number of amides is 1. The number of rotatable bonds is 4. The first kappa shape index (κ1) is 15.8. The second kappa shape index (κ2) is 6.68. The summed E-state index contributed by atoms with van der Waals surface area (Å²) in [7, 11) is 0. The van der Waals surface area contributed by atoms with E-state index in [1.807, 2.05) is 48.5 Å². The van der Waals surface area contributed by atoms with E-state index in [1.165, 1.54) is 6.33 Å². The summed E-state index contributed by atoms with van der Waals surface area (Å²) in [6.07, 6.45) is 1.73. The molecular weight excluding hydrogens is 384 g/mol. The van der Waals surface area contributed by atoms with Crippen LogP contribution in [0.2, 0.25) is 0 Å². The summed E-state index contributed by atoms with van der Waals surface area (Å²) in [5.41, 5.74) is 1.98. The van der Waals surface area contributed by atoms with E-state index in [0.717, 1.165) is 21.3 Å². The molecule has 0 fully saturated rings. The Hall–Kier alpha value is -2.67.